The summed E-state index contributed by atoms with van der Waals surface area (Å²) in [5.74, 6) is -0.176. The number of nitrogens with one attached hydrogen (secondary N) is 1. The molecule has 0 aliphatic rings. The summed E-state index contributed by atoms with van der Waals surface area (Å²) < 4.78 is 13.4. The molecule has 0 bridgehead atoms. The second-order valence-electron chi connectivity index (χ2n) is 5.30. The van der Waals surface area contributed by atoms with Gasteiger partial charge in [-0.3, -0.25) is 0 Å². The minimum absolute atomic E-state index is 0.176. The molecular weight excluding hydrogens is 273 g/mol. The highest BCUT2D eigenvalue weighted by Crippen LogP contribution is 2.28. The van der Waals surface area contributed by atoms with Gasteiger partial charge in [0.15, 0.2) is 0 Å². The Morgan fingerprint density at radius 1 is 1.15 bits per heavy atom. The van der Waals surface area contributed by atoms with Crippen molar-refractivity contribution in [2.45, 2.75) is 33.4 Å². The molecule has 20 heavy (non-hydrogen) atoms. The van der Waals surface area contributed by atoms with Crippen LogP contribution in [0.4, 0.5) is 4.39 Å². The molecule has 0 aliphatic heterocycles. The third-order valence-corrected chi connectivity index (χ3v) is 3.47. The van der Waals surface area contributed by atoms with E-state index in [0.717, 1.165) is 23.2 Å². The first kappa shape index (κ1) is 15.0. The molecule has 0 aromatic heterocycles. The average molecular weight is 292 g/mol. The van der Waals surface area contributed by atoms with Crippen LogP contribution in [0.3, 0.4) is 0 Å². The topological polar surface area (TPSA) is 12.0 Å². The Labute approximate surface area is 124 Å². The summed E-state index contributed by atoms with van der Waals surface area (Å²) in [6, 6.07) is 11.4. The van der Waals surface area contributed by atoms with E-state index >= 15 is 0 Å². The Bertz CT molecular complexity index is 608. The van der Waals surface area contributed by atoms with Crippen LogP contribution in [-0.2, 0) is 6.54 Å². The van der Waals surface area contributed by atoms with Crippen molar-refractivity contribution in [3.05, 3.63) is 58.4 Å². The third-order valence-electron chi connectivity index (χ3n) is 3.24. The molecule has 2 aromatic rings. The minimum atomic E-state index is -0.176. The summed E-state index contributed by atoms with van der Waals surface area (Å²) in [4.78, 5) is 0. The number of aryl methyl sites for hydroxylation is 1. The SMILES string of the molecule is Cc1cc(-c2ccc(Cl)cc2CNC(C)C)ccc1F. The largest absolute Gasteiger partial charge is 0.310 e. The standard InChI is InChI=1S/C17H19ClFN/c1-11(2)20-10-14-9-15(18)5-6-16(14)13-4-7-17(19)12(3)8-13/h4-9,11,20H,10H2,1-3H3. The maximum Gasteiger partial charge on any atom is 0.126 e. The van der Waals surface area contributed by atoms with Crippen LogP contribution >= 0.6 is 11.6 Å². The zero-order chi connectivity index (χ0) is 14.7. The van der Waals surface area contributed by atoms with E-state index in [1.807, 2.05) is 30.3 Å². The molecule has 0 spiro atoms. The fraction of sp³-hybridized carbons (Fsp3) is 0.294. The summed E-state index contributed by atoms with van der Waals surface area (Å²) in [5, 5.41) is 4.11. The molecule has 1 N–H and O–H groups in total. The Morgan fingerprint density at radius 3 is 2.55 bits per heavy atom. The molecule has 106 valence electrons. The Hall–Kier alpha value is -1.38. The quantitative estimate of drug-likeness (QED) is 0.840. The highest BCUT2D eigenvalue weighted by molar-refractivity contribution is 6.30. The van der Waals surface area contributed by atoms with Crippen molar-refractivity contribution in [1.29, 1.82) is 0 Å². The lowest BCUT2D eigenvalue weighted by atomic mass is 9.98. The predicted octanol–water partition coefficient (Wildman–Crippen LogP) is 4.95. The van der Waals surface area contributed by atoms with Crippen molar-refractivity contribution >= 4 is 11.6 Å². The van der Waals surface area contributed by atoms with Crippen LogP contribution in [0.25, 0.3) is 11.1 Å². The molecule has 3 heteroatoms. The van der Waals surface area contributed by atoms with E-state index in [1.54, 1.807) is 6.92 Å². The fourth-order valence-electron chi connectivity index (χ4n) is 2.12. The number of hydrogen-bond donors (Lipinski definition) is 1. The molecule has 1 nitrogen and oxygen atoms in total. The van der Waals surface area contributed by atoms with Crippen LogP contribution in [0, 0.1) is 12.7 Å². The van der Waals surface area contributed by atoms with Crippen LogP contribution in [0.5, 0.6) is 0 Å². The molecule has 2 rings (SSSR count). The molecule has 0 radical (unpaired) electrons. The van der Waals surface area contributed by atoms with E-state index in [1.165, 1.54) is 6.07 Å². The molecule has 0 amide bonds. The maximum absolute atomic E-state index is 13.4. The van der Waals surface area contributed by atoms with Gasteiger partial charge in [-0.1, -0.05) is 37.6 Å². The van der Waals surface area contributed by atoms with E-state index in [4.69, 9.17) is 11.6 Å². The van der Waals surface area contributed by atoms with Crippen molar-refractivity contribution < 1.29 is 4.39 Å². The number of benzene rings is 2. The lowest BCUT2D eigenvalue weighted by Gasteiger charge is -2.14. The van der Waals surface area contributed by atoms with Crippen molar-refractivity contribution in [3.8, 4) is 11.1 Å². The first-order valence-corrected chi connectivity index (χ1v) is 7.13. The van der Waals surface area contributed by atoms with Crippen LogP contribution in [0.2, 0.25) is 5.02 Å². The van der Waals surface area contributed by atoms with E-state index in [0.29, 0.717) is 16.6 Å². The van der Waals surface area contributed by atoms with E-state index in [2.05, 4.69) is 19.2 Å². The van der Waals surface area contributed by atoms with E-state index in [-0.39, 0.29) is 5.82 Å². The van der Waals surface area contributed by atoms with Crippen LogP contribution in [0.1, 0.15) is 25.0 Å². The molecule has 0 atom stereocenters. The lowest BCUT2D eigenvalue weighted by Crippen LogP contribution is -2.22. The molecule has 0 saturated carbocycles. The number of hydrogen-bond acceptors (Lipinski definition) is 1. The smallest absolute Gasteiger partial charge is 0.126 e. The zero-order valence-corrected chi connectivity index (χ0v) is 12.8. The number of halogens is 2. The van der Waals surface area contributed by atoms with Crippen LogP contribution < -0.4 is 5.32 Å². The summed E-state index contributed by atoms with van der Waals surface area (Å²) in [5.41, 5.74) is 3.88. The van der Waals surface area contributed by atoms with Crippen molar-refractivity contribution in [2.24, 2.45) is 0 Å². The van der Waals surface area contributed by atoms with Crippen molar-refractivity contribution in [2.75, 3.05) is 0 Å². The van der Waals surface area contributed by atoms with Gasteiger partial charge in [0.2, 0.25) is 0 Å². The normalized spacial score (nSPS) is 11.1. The van der Waals surface area contributed by atoms with Crippen LogP contribution in [0.15, 0.2) is 36.4 Å². The first-order valence-electron chi connectivity index (χ1n) is 6.75. The summed E-state index contributed by atoms with van der Waals surface area (Å²) >= 11 is 6.09. The van der Waals surface area contributed by atoms with Gasteiger partial charge in [-0.05, 0) is 53.4 Å². The molecule has 0 fully saturated rings. The average Bonchev–Trinajstić information content (AvgIpc) is 2.40. The Kier molecular flexibility index (Phi) is 4.79. The molecule has 2 aromatic carbocycles. The van der Waals surface area contributed by atoms with Crippen molar-refractivity contribution in [3.63, 3.8) is 0 Å². The molecule has 0 unspecified atom stereocenters. The van der Waals surface area contributed by atoms with E-state index in [9.17, 15) is 4.39 Å². The second kappa shape index (κ2) is 6.38. The molecule has 0 saturated heterocycles. The summed E-state index contributed by atoms with van der Waals surface area (Å²) in [6.07, 6.45) is 0. The van der Waals surface area contributed by atoms with Gasteiger partial charge < -0.3 is 5.32 Å². The summed E-state index contributed by atoms with van der Waals surface area (Å²) in [7, 11) is 0. The van der Waals surface area contributed by atoms with Gasteiger partial charge in [-0.25, -0.2) is 4.39 Å². The highest BCUT2D eigenvalue weighted by Gasteiger charge is 2.08. The fourth-order valence-corrected chi connectivity index (χ4v) is 2.31. The van der Waals surface area contributed by atoms with Crippen molar-refractivity contribution in [1.82, 2.24) is 5.32 Å². The monoisotopic (exact) mass is 291 g/mol. The first-order chi connectivity index (χ1) is 9.47. The maximum atomic E-state index is 13.4. The third kappa shape index (κ3) is 3.59. The van der Waals surface area contributed by atoms with Gasteiger partial charge in [-0.2, -0.15) is 0 Å². The zero-order valence-electron chi connectivity index (χ0n) is 12.0. The van der Waals surface area contributed by atoms with Gasteiger partial charge >= 0.3 is 0 Å². The lowest BCUT2D eigenvalue weighted by molar-refractivity contribution is 0.589. The van der Waals surface area contributed by atoms with Gasteiger partial charge in [0.05, 0.1) is 0 Å². The molecular formula is C17H19ClFN. The Morgan fingerprint density at radius 2 is 1.90 bits per heavy atom. The van der Waals surface area contributed by atoms with Gasteiger partial charge in [0, 0.05) is 17.6 Å². The van der Waals surface area contributed by atoms with Gasteiger partial charge in [0.1, 0.15) is 5.82 Å². The molecule has 0 heterocycles. The predicted molar refractivity (Wildman–Crippen MR) is 83.6 cm³/mol. The highest BCUT2D eigenvalue weighted by atomic mass is 35.5. The number of rotatable bonds is 4. The van der Waals surface area contributed by atoms with E-state index < -0.39 is 0 Å². The van der Waals surface area contributed by atoms with Gasteiger partial charge in [-0.15, -0.1) is 0 Å². The molecule has 0 aliphatic carbocycles. The van der Waals surface area contributed by atoms with Gasteiger partial charge in [0.25, 0.3) is 0 Å². The van der Waals surface area contributed by atoms with Crippen LogP contribution in [-0.4, -0.2) is 6.04 Å². The second-order valence-corrected chi connectivity index (χ2v) is 5.74. The minimum Gasteiger partial charge on any atom is -0.310 e. The summed E-state index contributed by atoms with van der Waals surface area (Å²) in [6.45, 7) is 6.73. The Balaban J connectivity index is 2.41.